The zero-order valence-corrected chi connectivity index (χ0v) is 15.1. The first-order valence-electron chi connectivity index (χ1n) is 9.08. The van der Waals surface area contributed by atoms with Crippen LogP contribution in [-0.4, -0.2) is 46.7 Å². The van der Waals surface area contributed by atoms with Gasteiger partial charge < -0.3 is 10.1 Å². The third-order valence-electron chi connectivity index (χ3n) is 5.55. The van der Waals surface area contributed by atoms with Crippen LogP contribution >= 0.6 is 0 Å². The lowest BCUT2D eigenvalue weighted by molar-refractivity contribution is -0.384. The summed E-state index contributed by atoms with van der Waals surface area (Å²) < 4.78 is 4.86. The van der Waals surface area contributed by atoms with Crippen LogP contribution in [0.5, 0.6) is 0 Å². The van der Waals surface area contributed by atoms with Gasteiger partial charge in [-0.3, -0.25) is 34.2 Å². The summed E-state index contributed by atoms with van der Waals surface area (Å²) in [7, 11) is 0. The maximum atomic E-state index is 12.5. The number of hydrogen-bond donors (Lipinski definition) is 1. The molecule has 0 aromatic heterocycles. The number of benzene rings is 1. The van der Waals surface area contributed by atoms with Crippen molar-refractivity contribution in [3.63, 3.8) is 0 Å². The lowest BCUT2D eigenvalue weighted by atomic mass is 9.85. The van der Waals surface area contributed by atoms with Crippen LogP contribution in [0, 0.1) is 33.8 Å². The number of rotatable bonds is 6. The molecule has 1 aliphatic heterocycles. The molecule has 4 atom stereocenters. The number of nitrogens with zero attached hydrogens (tertiary/aromatic N) is 2. The highest BCUT2D eigenvalue weighted by atomic mass is 16.6. The SMILES string of the molecule is O=C(COC(=O)CN1C(=O)[C@@H]2[C@H](C1=O)[C@H]1C=C[C@H]2C1)Nc1cccc([N+](=O)[O-])c1. The molecule has 2 fully saturated rings. The van der Waals surface area contributed by atoms with E-state index in [1.807, 2.05) is 12.2 Å². The predicted molar refractivity (Wildman–Crippen MR) is 97.1 cm³/mol. The average molecular weight is 399 g/mol. The molecule has 1 saturated carbocycles. The zero-order valence-electron chi connectivity index (χ0n) is 15.1. The Morgan fingerprint density at radius 3 is 2.45 bits per heavy atom. The zero-order chi connectivity index (χ0) is 20.7. The van der Waals surface area contributed by atoms with E-state index in [2.05, 4.69) is 5.32 Å². The van der Waals surface area contributed by atoms with Gasteiger partial charge in [-0.25, -0.2) is 0 Å². The number of non-ortho nitro benzene ring substituents is 1. The Hall–Kier alpha value is -3.56. The third-order valence-corrected chi connectivity index (χ3v) is 5.55. The number of fused-ring (bicyclic) bond motifs is 5. The molecule has 3 amide bonds. The number of hydrogen-bond acceptors (Lipinski definition) is 7. The van der Waals surface area contributed by atoms with E-state index in [0.717, 1.165) is 11.3 Å². The van der Waals surface area contributed by atoms with Crippen molar-refractivity contribution in [2.75, 3.05) is 18.5 Å². The van der Waals surface area contributed by atoms with Gasteiger partial charge in [0.1, 0.15) is 6.54 Å². The van der Waals surface area contributed by atoms with Gasteiger partial charge in [0.05, 0.1) is 16.8 Å². The highest BCUT2D eigenvalue weighted by Gasteiger charge is 2.59. The van der Waals surface area contributed by atoms with Gasteiger partial charge in [-0.05, 0) is 24.3 Å². The molecule has 1 aromatic carbocycles. The number of carbonyl (C=O) groups excluding carboxylic acids is 4. The van der Waals surface area contributed by atoms with Crippen molar-refractivity contribution in [3.8, 4) is 0 Å². The number of allylic oxidation sites excluding steroid dienone is 2. The number of nitro groups is 1. The van der Waals surface area contributed by atoms with Crippen molar-refractivity contribution >= 4 is 35.1 Å². The second kappa shape index (κ2) is 7.12. The number of amides is 3. The molecule has 10 heteroatoms. The van der Waals surface area contributed by atoms with Crippen LogP contribution in [0.1, 0.15) is 6.42 Å². The highest BCUT2D eigenvalue weighted by Crippen LogP contribution is 2.52. The monoisotopic (exact) mass is 399 g/mol. The standard InChI is InChI=1S/C19H17N3O7/c23-14(20-12-2-1-3-13(7-12)22(27)28)9-29-15(24)8-21-18(25)16-10-4-5-11(6-10)17(16)19(21)26/h1-5,7,10-11,16-17H,6,8-9H2,(H,20,23)/t10-,11-,16-,17+/m0/s1. The third kappa shape index (κ3) is 3.37. The summed E-state index contributed by atoms with van der Waals surface area (Å²) in [4.78, 5) is 60.0. The fourth-order valence-corrected chi connectivity index (χ4v) is 4.33. The molecule has 1 saturated heterocycles. The van der Waals surface area contributed by atoms with E-state index in [1.165, 1.54) is 24.3 Å². The molecule has 1 aromatic rings. The van der Waals surface area contributed by atoms with E-state index in [4.69, 9.17) is 4.74 Å². The lowest BCUT2D eigenvalue weighted by Crippen LogP contribution is -2.38. The molecule has 0 spiro atoms. The molecule has 2 aliphatic carbocycles. The molecule has 1 heterocycles. The molecule has 0 unspecified atom stereocenters. The summed E-state index contributed by atoms with van der Waals surface area (Å²) >= 11 is 0. The molecule has 29 heavy (non-hydrogen) atoms. The van der Waals surface area contributed by atoms with Crippen LogP contribution < -0.4 is 5.32 Å². The van der Waals surface area contributed by atoms with Crippen molar-refractivity contribution in [2.24, 2.45) is 23.7 Å². The Balaban J connectivity index is 1.29. The van der Waals surface area contributed by atoms with E-state index in [9.17, 15) is 29.3 Å². The number of nitrogens with one attached hydrogen (secondary N) is 1. The maximum absolute atomic E-state index is 12.5. The van der Waals surface area contributed by atoms with Crippen LogP contribution in [0.4, 0.5) is 11.4 Å². The summed E-state index contributed by atoms with van der Waals surface area (Å²) in [6.07, 6.45) is 4.71. The first-order valence-corrected chi connectivity index (χ1v) is 9.08. The molecular formula is C19H17N3O7. The Labute approximate surface area is 164 Å². The topological polar surface area (TPSA) is 136 Å². The van der Waals surface area contributed by atoms with Gasteiger partial charge in [-0.15, -0.1) is 0 Å². The van der Waals surface area contributed by atoms with E-state index < -0.39 is 41.8 Å². The Kier molecular flexibility index (Phi) is 4.61. The molecule has 4 rings (SSSR count). The van der Waals surface area contributed by atoms with Gasteiger partial charge in [0.15, 0.2) is 6.61 Å². The fraction of sp³-hybridized carbons (Fsp3) is 0.368. The van der Waals surface area contributed by atoms with Gasteiger partial charge in [0.25, 0.3) is 11.6 Å². The van der Waals surface area contributed by atoms with Gasteiger partial charge in [0, 0.05) is 17.8 Å². The largest absolute Gasteiger partial charge is 0.454 e. The average Bonchev–Trinajstić information content (AvgIpc) is 3.37. The van der Waals surface area contributed by atoms with E-state index >= 15 is 0 Å². The first kappa shape index (κ1) is 18.8. The molecule has 150 valence electrons. The summed E-state index contributed by atoms with van der Waals surface area (Å²) in [5.74, 6) is -3.01. The van der Waals surface area contributed by atoms with Crippen LogP contribution in [0.15, 0.2) is 36.4 Å². The molecule has 1 N–H and O–H groups in total. The number of imide groups is 1. The summed E-state index contributed by atoms with van der Waals surface area (Å²) in [5, 5.41) is 13.1. The highest BCUT2D eigenvalue weighted by molar-refractivity contribution is 6.08. The predicted octanol–water partition coefficient (Wildman–Crippen LogP) is 0.884. The van der Waals surface area contributed by atoms with Crippen LogP contribution in [-0.2, 0) is 23.9 Å². The number of nitro benzene ring substituents is 1. The molecule has 3 aliphatic rings. The quantitative estimate of drug-likeness (QED) is 0.247. The van der Waals surface area contributed by atoms with Gasteiger partial charge in [0.2, 0.25) is 11.8 Å². The van der Waals surface area contributed by atoms with Gasteiger partial charge >= 0.3 is 5.97 Å². The maximum Gasteiger partial charge on any atom is 0.326 e. The minimum atomic E-state index is -0.874. The van der Waals surface area contributed by atoms with Crippen LogP contribution in [0.25, 0.3) is 0 Å². The number of anilines is 1. The fourth-order valence-electron chi connectivity index (χ4n) is 4.33. The van der Waals surface area contributed by atoms with Gasteiger partial charge in [-0.2, -0.15) is 0 Å². The van der Waals surface area contributed by atoms with E-state index in [1.54, 1.807) is 0 Å². The van der Waals surface area contributed by atoms with Crippen molar-refractivity contribution in [1.82, 2.24) is 4.90 Å². The molecular weight excluding hydrogens is 382 g/mol. The number of likely N-dealkylation sites (tertiary alicyclic amines) is 1. The molecule has 10 nitrogen and oxygen atoms in total. The number of carbonyl (C=O) groups is 4. The number of esters is 1. The Morgan fingerprint density at radius 2 is 1.83 bits per heavy atom. The normalized spacial score (nSPS) is 26.6. The summed E-state index contributed by atoms with van der Waals surface area (Å²) in [6.45, 7) is -1.17. The van der Waals surface area contributed by atoms with Crippen LogP contribution in [0.3, 0.4) is 0 Å². The lowest BCUT2D eigenvalue weighted by Gasteiger charge is -2.16. The Bertz CT molecular complexity index is 927. The van der Waals surface area contributed by atoms with Crippen molar-refractivity contribution in [3.05, 3.63) is 46.5 Å². The Morgan fingerprint density at radius 1 is 1.17 bits per heavy atom. The van der Waals surface area contributed by atoms with Crippen molar-refractivity contribution < 1.29 is 28.8 Å². The van der Waals surface area contributed by atoms with Crippen LogP contribution in [0.2, 0.25) is 0 Å². The summed E-state index contributed by atoms with van der Waals surface area (Å²) in [6, 6.07) is 5.30. The van der Waals surface area contributed by atoms with Gasteiger partial charge in [-0.1, -0.05) is 18.2 Å². The van der Waals surface area contributed by atoms with E-state index in [0.29, 0.717) is 0 Å². The minimum Gasteiger partial charge on any atom is -0.454 e. The first-order chi connectivity index (χ1) is 13.8. The number of ether oxygens (including phenoxy) is 1. The minimum absolute atomic E-state index is 0.0446. The van der Waals surface area contributed by atoms with E-state index in [-0.39, 0.29) is 35.0 Å². The molecule has 0 radical (unpaired) electrons. The van der Waals surface area contributed by atoms with Crippen molar-refractivity contribution in [2.45, 2.75) is 6.42 Å². The summed E-state index contributed by atoms with van der Waals surface area (Å²) in [5.41, 5.74) is -0.0131. The van der Waals surface area contributed by atoms with Crippen molar-refractivity contribution in [1.29, 1.82) is 0 Å². The second-order valence-electron chi connectivity index (χ2n) is 7.28. The smallest absolute Gasteiger partial charge is 0.326 e. The molecule has 2 bridgehead atoms. The second-order valence-corrected chi connectivity index (χ2v) is 7.28.